The minimum absolute atomic E-state index is 0.386. The molecule has 0 saturated carbocycles. The van der Waals surface area contributed by atoms with Crippen molar-refractivity contribution in [2.45, 2.75) is 6.04 Å². The van der Waals surface area contributed by atoms with Crippen LogP contribution in [-0.2, 0) is 0 Å². The van der Waals surface area contributed by atoms with Gasteiger partial charge in [0.2, 0.25) is 0 Å². The lowest BCUT2D eigenvalue weighted by atomic mass is 10.1. The number of nitrogens with zero attached hydrogens (tertiary/aromatic N) is 5. The Labute approximate surface area is 148 Å². The molecular formula is C16H16ClN5OS. The normalized spacial score (nSPS) is 14.7. The highest BCUT2D eigenvalue weighted by Crippen LogP contribution is 2.39. The topological polar surface area (TPSA) is 54.4 Å². The zero-order valence-corrected chi connectivity index (χ0v) is 14.9. The van der Waals surface area contributed by atoms with Gasteiger partial charge in [-0.2, -0.15) is 0 Å². The summed E-state index contributed by atoms with van der Waals surface area (Å²) in [5.41, 5.74) is 0.821. The number of anilines is 2. The van der Waals surface area contributed by atoms with E-state index in [-0.39, 0.29) is 0 Å². The van der Waals surface area contributed by atoms with Gasteiger partial charge in [-0.25, -0.2) is 9.97 Å². The van der Waals surface area contributed by atoms with Gasteiger partial charge in [0.25, 0.3) is 0 Å². The van der Waals surface area contributed by atoms with Crippen LogP contribution in [0.4, 0.5) is 10.9 Å². The van der Waals surface area contributed by atoms with Crippen LogP contribution in [-0.4, -0.2) is 48.2 Å². The second kappa shape index (κ2) is 6.07. The number of methoxy groups -OCH3 is 1. The van der Waals surface area contributed by atoms with Crippen LogP contribution in [0.15, 0.2) is 30.7 Å². The van der Waals surface area contributed by atoms with Gasteiger partial charge >= 0.3 is 0 Å². The monoisotopic (exact) mass is 361 g/mol. The molecule has 0 atom stereocenters. The lowest BCUT2D eigenvalue weighted by Crippen LogP contribution is -2.59. The van der Waals surface area contributed by atoms with Gasteiger partial charge in [-0.15, -0.1) is 0 Å². The third kappa shape index (κ3) is 2.53. The quantitative estimate of drug-likeness (QED) is 0.711. The van der Waals surface area contributed by atoms with E-state index in [0.29, 0.717) is 11.1 Å². The maximum Gasteiger partial charge on any atom is 0.186 e. The molecule has 124 valence electrons. The number of hydrogen-bond donors (Lipinski definition) is 0. The number of thiazole rings is 1. The fourth-order valence-corrected chi connectivity index (χ4v) is 4.04. The van der Waals surface area contributed by atoms with Gasteiger partial charge in [-0.05, 0) is 12.1 Å². The molecule has 0 radical (unpaired) electrons. The van der Waals surface area contributed by atoms with Crippen LogP contribution < -0.4 is 14.5 Å². The van der Waals surface area contributed by atoms with Gasteiger partial charge in [0, 0.05) is 32.5 Å². The van der Waals surface area contributed by atoms with Crippen molar-refractivity contribution in [1.29, 1.82) is 0 Å². The number of fused-ring (bicyclic) bond motifs is 1. The first-order chi connectivity index (χ1) is 11.7. The molecule has 1 saturated heterocycles. The van der Waals surface area contributed by atoms with Crippen LogP contribution in [0.2, 0.25) is 5.02 Å². The Hall–Kier alpha value is -2.12. The number of benzene rings is 1. The molecule has 1 fully saturated rings. The summed E-state index contributed by atoms with van der Waals surface area (Å²) < 4.78 is 6.36. The van der Waals surface area contributed by atoms with Crippen LogP contribution in [0, 0.1) is 0 Å². The van der Waals surface area contributed by atoms with Gasteiger partial charge in [0.15, 0.2) is 5.13 Å². The van der Waals surface area contributed by atoms with Gasteiger partial charge in [-0.3, -0.25) is 4.98 Å². The molecule has 0 N–H and O–H groups in total. The summed E-state index contributed by atoms with van der Waals surface area (Å²) in [6, 6.07) is 4.09. The number of aromatic nitrogens is 3. The highest BCUT2D eigenvalue weighted by molar-refractivity contribution is 7.22. The Kier molecular flexibility index (Phi) is 3.90. The third-order valence-corrected chi connectivity index (χ3v) is 5.86. The molecule has 24 heavy (non-hydrogen) atoms. The van der Waals surface area contributed by atoms with Gasteiger partial charge in [0.1, 0.15) is 17.1 Å². The fraction of sp³-hybridized carbons (Fsp3) is 0.312. The number of rotatable bonds is 4. The lowest BCUT2D eigenvalue weighted by Gasteiger charge is -2.44. The van der Waals surface area contributed by atoms with Crippen molar-refractivity contribution < 1.29 is 4.74 Å². The van der Waals surface area contributed by atoms with Crippen LogP contribution >= 0.6 is 22.9 Å². The molecule has 3 aromatic rings. The number of ether oxygens (including phenoxy) is 1. The van der Waals surface area contributed by atoms with Crippen LogP contribution in [0.3, 0.4) is 0 Å². The fourth-order valence-electron chi connectivity index (χ4n) is 2.75. The SMILES string of the molecule is COc1ccc(Cl)c2sc(N(C)C3CN(c4cnccn4)C3)nc12. The highest BCUT2D eigenvalue weighted by Gasteiger charge is 2.32. The zero-order chi connectivity index (χ0) is 16.7. The number of halogens is 1. The minimum Gasteiger partial charge on any atom is -0.494 e. The molecule has 2 aromatic heterocycles. The summed E-state index contributed by atoms with van der Waals surface area (Å²) in [5.74, 6) is 1.66. The van der Waals surface area contributed by atoms with Gasteiger partial charge in [0.05, 0.1) is 29.1 Å². The van der Waals surface area contributed by atoms with Crippen molar-refractivity contribution in [3.8, 4) is 5.75 Å². The summed E-state index contributed by atoms with van der Waals surface area (Å²) in [5, 5.41) is 1.65. The standard InChI is InChI=1S/C16H16ClN5OS/c1-21(10-8-22(9-10)13-7-18-5-6-19-13)16-20-14-12(23-2)4-3-11(17)15(14)24-16/h3-7,10H,8-9H2,1-2H3. The van der Waals surface area contributed by atoms with Gasteiger partial charge < -0.3 is 14.5 Å². The van der Waals surface area contributed by atoms with E-state index in [2.05, 4.69) is 26.8 Å². The van der Waals surface area contributed by atoms with E-state index in [1.54, 1.807) is 37.0 Å². The molecule has 4 rings (SSSR count). The Balaban J connectivity index is 1.55. The maximum atomic E-state index is 6.31. The number of hydrogen-bond acceptors (Lipinski definition) is 7. The molecule has 1 aromatic carbocycles. The molecule has 0 aliphatic carbocycles. The summed E-state index contributed by atoms with van der Waals surface area (Å²) in [7, 11) is 3.72. The van der Waals surface area contributed by atoms with Gasteiger partial charge in [-0.1, -0.05) is 22.9 Å². The minimum atomic E-state index is 0.386. The highest BCUT2D eigenvalue weighted by atomic mass is 35.5. The Morgan fingerprint density at radius 3 is 2.88 bits per heavy atom. The van der Waals surface area contributed by atoms with E-state index < -0.39 is 0 Å². The summed E-state index contributed by atoms with van der Waals surface area (Å²) in [6.45, 7) is 1.80. The predicted octanol–water partition coefficient (Wildman–Crippen LogP) is 3.07. The van der Waals surface area contributed by atoms with Crippen molar-refractivity contribution in [3.05, 3.63) is 35.7 Å². The van der Waals surface area contributed by atoms with Crippen molar-refractivity contribution >= 4 is 44.1 Å². The Morgan fingerprint density at radius 1 is 1.33 bits per heavy atom. The average molecular weight is 362 g/mol. The van der Waals surface area contributed by atoms with E-state index in [1.807, 2.05) is 12.1 Å². The molecule has 0 unspecified atom stereocenters. The Bertz CT molecular complexity index is 866. The van der Waals surface area contributed by atoms with Crippen LogP contribution in [0.25, 0.3) is 10.2 Å². The first kappa shape index (κ1) is 15.4. The van der Waals surface area contributed by atoms with E-state index >= 15 is 0 Å². The molecule has 1 aliphatic rings. The lowest BCUT2D eigenvalue weighted by molar-refractivity contribution is 0.419. The number of likely N-dealkylation sites (N-methyl/N-ethyl adjacent to an activating group) is 1. The van der Waals surface area contributed by atoms with Crippen LogP contribution in [0.5, 0.6) is 5.75 Å². The zero-order valence-electron chi connectivity index (χ0n) is 13.3. The molecule has 0 spiro atoms. The van der Waals surface area contributed by atoms with Crippen molar-refractivity contribution in [3.63, 3.8) is 0 Å². The second-order valence-corrected chi connectivity index (χ2v) is 7.04. The van der Waals surface area contributed by atoms with Crippen molar-refractivity contribution in [1.82, 2.24) is 15.0 Å². The van der Waals surface area contributed by atoms with E-state index in [4.69, 9.17) is 21.3 Å². The molecular weight excluding hydrogens is 346 g/mol. The van der Waals surface area contributed by atoms with E-state index in [0.717, 1.165) is 40.0 Å². The van der Waals surface area contributed by atoms with E-state index in [9.17, 15) is 0 Å². The molecule has 3 heterocycles. The summed E-state index contributed by atoms with van der Waals surface area (Å²) in [6.07, 6.45) is 5.19. The average Bonchev–Trinajstić information content (AvgIpc) is 3.01. The largest absolute Gasteiger partial charge is 0.494 e. The molecule has 8 heteroatoms. The molecule has 1 aliphatic heterocycles. The van der Waals surface area contributed by atoms with Crippen molar-refractivity contribution in [2.24, 2.45) is 0 Å². The summed E-state index contributed by atoms with van der Waals surface area (Å²) >= 11 is 7.90. The van der Waals surface area contributed by atoms with E-state index in [1.165, 1.54) is 0 Å². The molecule has 0 bridgehead atoms. The second-order valence-electron chi connectivity index (χ2n) is 5.66. The maximum absolute atomic E-state index is 6.31. The smallest absolute Gasteiger partial charge is 0.186 e. The third-order valence-electron chi connectivity index (χ3n) is 4.25. The van der Waals surface area contributed by atoms with Crippen molar-refractivity contribution in [2.75, 3.05) is 37.0 Å². The first-order valence-electron chi connectivity index (χ1n) is 7.54. The Morgan fingerprint density at radius 2 is 2.17 bits per heavy atom. The predicted molar refractivity (Wildman–Crippen MR) is 97.6 cm³/mol. The first-order valence-corrected chi connectivity index (χ1v) is 8.73. The molecule has 0 amide bonds. The van der Waals surface area contributed by atoms with Crippen LogP contribution in [0.1, 0.15) is 0 Å². The summed E-state index contributed by atoms with van der Waals surface area (Å²) in [4.78, 5) is 17.6. The molecule has 6 nitrogen and oxygen atoms in total.